The predicted octanol–water partition coefficient (Wildman–Crippen LogP) is 2.75. The van der Waals surface area contributed by atoms with Gasteiger partial charge in [-0.15, -0.1) is 0 Å². The van der Waals surface area contributed by atoms with Gasteiger partial charge in [-0.25, -0.2) is 5.11 Å². The van der Waals surface area contributed by atoms with Crippen LogP contribution in [-0.2, 0) is 5.11 Å². The number of hydrogen-bond donors (Lipinski definition) is 0. The highest BCUT2D eigenvalue weighted by Gasteiger charge is 1.99. The smallest absolute Gasteiger partial charge is 0.0822 e. The minimum atomic E-state index is 0.0714. The molecule has 1 atom stereocenters. The zero-order valence-corrected chi connectivity index (χ0v) is 8.45. The van der Waals surface area contributed by atoms with Gasteiger partial charge in [-0.1, -0.05) is 31.9 Å². The van der Waals surface area contributed by atoms with E-state index >= 15 is 0 Å². The zero-order chi connectivity index (χ0) is 7.11. The highest BCUT2D eigenvalue weighted by Crippen LogP contribution is 2.11. The van der Waals surface area contributed by atoms with Gasteiger partial charge in [0.15, 0.2) is 0 Å². The summed E-state index contributed by atoms with van der Waals surface area (Å²) in [4.78, 5) is 0.545. The first-order valence-electron chi connectivity index (χ1n) is 3.09. The Balaban J connectivity index is 2.88. The lowest BCUT2D eigenvalue weighted by molar-refractivity contribution is 0.186. The van der Waals surface area contributed by atoms with Crippen molar-refractivity contribution in [2.75, 3.05) is 11.9 Å². The van der Waals surface area contributed by atoms with Crippen LogP contribution in [0.5, 0.6) is 0 Å². The van der Waals surface area contributed by atoms with Gasteiger partial charge in [-0.2, -0.15) is 0 Å². The predicted molar refractivity (Wildman–Crippen MR) is 45.9 cm³/mol. The lowest BCUT2D eigenvalue weighted by Crippen LogP contribution is -1.98. The van der Waals surface area contributed by atoms with Gasteiger partial charge in [0.05, 0.1) is 6.61 Å². The molecule has 0 bridgehead atoms. The number of halogens is 2. The summed E-state index contributed by atoms with van der Waals surface area (Å²) in [6.45, 7) is 0.0714. The first-order valence-corrected chi connectivity index (χ1v) is 5.13. The Labute approximate surface area is 73.1 Å². The van der Waals surface area contributed by atoms with E-state index in [2.05, 4.69) is 31.9 Å². The number of alkyl halides is 2. The van der Waals surface area contributed by atoms with Crippen LogP contribution in [-0.4, -0.2) is 16.8 Å². The number of unbranched alkanes of at least 4 members (excludes halogenated alkanes) is 1. The summed E-state index contributed by atoms with van der Waals surface area (Å²) in [6.07, 6.45) is 2.97. The monoisotopic (exact) mass is 257 g/mol. The molecule has 0 fully saturated rings. The van der Waals surface area contributed by atoms with Gasteiger partial charge in [-0.3, -0.25) is 0 Å². The van der Waals surface area contributed by atoms with Gasteiger partial charge < -0.3 is 0 Å². The van der Waals surface area contributed by atoms with Crippen LogP contribution in [0.25, 0.3) is 0 Å². The van der Waals surface area contributed by atoms with Gasteiger partial charge in [0.2, 0.25) is 0 Å². The molecule has 0 aromatic rings. The highest BCUT2D eigenvalue weighted by molar-refractivity contribution is 9.12. The average molecular weight is 259 g/mol. The Morgan fingerprint density at radius 2 is 2.00 bits per heavy atom. The Morgan fingerprint density at radius 1 is 1.33 bits per heavy atom. The van der Waals surface area contributed by atoms with E-state index in [1.54, 1.807) is 0 Å². The van der Waals surface area contributed by atoms with E-state index in [1.165, 1.54) is 0 Å². The Hall–Kier alpha value is 0.920. The minimum absolute atomic E-state index is 0.0714. The Morgan fingerprint density at radius 3 is 2.44 bits per heavy atom. The molecule has 0 aliphatic carbocycles. The second kappa shape index (κ2) is 7.03. The first-order chi connectivity index (χ1) is 4.31. The quantitative estimate of drug-likeness (QED) is 0.534. The van der Waals surface area contributed by atoms with Crippen molar-refractivity contribution in [1.82, 2.24) is 0 Å². The van der Waals surface area contributed by atoms with Crippen molar-refractivity contribution in [3.63, 3.8) is 0 Å². The molecule has 9 heavy (non-hydrogen) atoms. The van der Waals surface area contributed by atoms with E-state index in [0.717, 1.165) is 24.6 Å². The molecule has 1 nitrogen and oxygen atoms in total. The molecule has 0 aliphatic rings. The maximum Gasteiger partial charge on any atom is 0.0822 e. The molecule has 0 saturated carbocycles. The van der Waals surface area contributed by atoms with Gasteiger partial charge in [0.1, 0.15) is 0 Å². The largest absolute Gasteiger partial charge is 0.237 e. The molecule has 0 heterocycles. The maximum absolute atomic E-state index is 9.97. The van der Waals surface area contributed by atoms with Crippen LogP contribution < -0.4 is 0 Å². The van der Waals surface area contributed by atoms with Crippen molar-refractivity contribution in [1.29, 1.82) is 0 Å². The molecular weight excluding hydrogens is 248 g/mol. The van der Waals surface area contributed by atoms with Crippen molar-refractivity contribution in [2.45, 2.75) is 24.1 Å². The summed E-state index contributed by atoms with van der Waals surface area (Å²) in [7, 11) is 0. The molecule has 0 spiro atoms. The number of hydrogen-bond acceptors (Lipinski definition) is 0. The van der Waals surface area contributed by atoms with Crippen LogP contribution >= 0.6 is 31.9 Å². The fraction of sp³-hybridized carbons (Fsp3) is 1.00. The molecule has 0 N–H and O–H groups in total. The van der Waals surface area contributed by atoms with Crippen molar-refractivity contribution < 1.29 is 5.11 Å². The number of rotatable bonds is 5. The Bertz CT molecular complexity index is 59.0. The second-order valence-corrected chi connectivity index (χ2v) is 3.89. The summed E-state index contributed by atoms with van der Waals surface area (Å²) in [6, 6.07) is 0. The molecule has 0 aromatic carbocycles. The summed E-state index contributed by atoms with van der Waals surface area (Å²) >= 11 is 6.80. The van der Waals surface area contributed by atoms with Gasteiger partial charge in [0.25, 0.3) is 0 Å². The summed E-state index contributed by atoms with van der Waals surface area (Å²) < 4.78 is 0. The third-order valence-corrected chi connectivity index (χ3v) is 3.51. The van der Waals surface area contributed by atoms with Crippen LogP contribution in [0.1, 0.15) is 19.3 Å². The van der Waals surface area contributed by atoms with Gasteiger partial charge in [0, 0.05) is 10.2 Å². The van der Waals surface area contributed by atoms with Gasteiger partial charge in [-0.05, 0) is 19.3 Å². The molecule has 0 amide bonds. The van der Waals surface area contributed by atoms with E-state index in [-0.39, 0.29) is 6.61 Å². The fourth-order valence-electron chi connectivity index (χ4n) is 0.545. The molecular formula is C6H11Br2O. The fourth-order valence-corrected chi connectivity index (χ4v) is 1.19. The van der Waals surface area contributed by atoms with Crippen molar-refractivity contribution in [2.24, 2.45) is 0 Å². The Kier molecular flexibility index (Phi) is 7.75. The SMILES string of the molecule is [O]CCCCC(Br)CBr. The van der Waals surface area contributed by atoms with Crippen LogP contribution in [0.4, 0.5) is 0 Å². The van der Waals surface area contributed by atoms with Crippen LogP contribution in [0.15, 0.2) is 0 Å². The van der Waals surface area contributed by atoms with E-state index in [9.17, 15) is 5.11 Å². The second-order valence-electron chi connectivity index (χ2n) is 1.95. The third-order valence-electron chi connectivity index (χ3n) is 1.08. The summed E-state index contributed by atoms with van der Waals surface area (Å²) in [5.74, 6) is 0. The van der Waals surface area contributed by atoms with Crippen molar-refractivity contribution >= 4 is 31.9 Å². The molecule has 0 rings (SSSR count). The topological polar surface area (TPSA) is 19.9 Å². The average Bonchev–Trinajstić information content (AvgIpc) is 1.89. The van der Waals surface area contributed by atoms with E-state index in [4.69, 9.17) is 0 Å². The molecule has 0 aliphatic heterocycles. The minimum Gasteiger partial charge on any atom is -0.237 e. The standard InChI is InChI=1S/C6H11Br2O/c7-5-6(8)3-1-2-4-9/h6H,1-5H2. The summed E-state index contributed by atoms with van der Waals surface area (Å²) in [5.41, 5.74) is 0. The van der Waals surface area contributed by atoms with E-state index in [1.807, 2.05) is 0 Å². The molecule has 1 unspecified atom stereocenters. The van der Waals surface area contributed by atoms with Gasteiger partial charge >= 0.3 is 0 Å². The van der Waals surface area contributed by atoms with Crippen LogP contribution in [0, 0.1) is 0 Å². The van der Waals surface area contributed by atoms with Crippen molar-refractivity contribution in [3.05, 3.63) is 0 Å². The molecule has 3 heteroatoms. The van der Waals surface area contributed by atoms with E-state index in [0.29, 0.717) is 4.83 Å². The molecule has 0 aromatic heterocycles. The lowest BCUT2D eigenvalue weighted by Gasteiger charge is -2.02. The maximum atomic E-state index is 9.97. The first kappa shape index (κ1) is 9.92. The zero-order valence-electron chi connectivity index (χ0n) is 5.28. The van der Waals surface area contributed by atoms with Crippen LogP contribution in [0.2, 0.25) is 0 Å². The van der Waals surface area contributed by atoms with E-state index < -0.39 is 0 Å². The molecule has 55 valence electrons. The normalized spacial score (nSPS) is 13.7. The van der Waals surface area contributed by atoms with Crippen molar-refractivity contribution in [3.8, 4) is 0 Å². The highest BCUT2D eigenvalue weighted by atomic mass is 79.9. The lowest BCUT2D eigenvalue weighted by atomic mass is 10.2. The third kappa shape index (κ3) is 6.81. The summed E-state index contributed by atoms with van der Waals surface area (Å²) in [5, 5.41) is 11.0. The molecule has 1 radical (unpaired) electrons. The molecule has 0 saturated heterocycles. The van der Waals surface area contributed by atoms with Crippen LogP contribution in [0.3, 0.4) is 0 Å².